The van der Waals surface area contributed by atoms with Gasteiger partial charge >= 0.3 is 0 Å². The van der Waals surface area contributed by atoms with Crippen LogP contribution in [0.1, 0.15) is 35.7 Å². The summed E-state index contributed by atoms with van der Waals surface area (Å²) in [7, 11) is 1.45. The summed E-state index contributed by atoms with van der Waals surface area (Å²) in [5, 5.41) is 31.9. The predicted octanol–water partition coefficient (Wildman–Crippen LogP) is 2.10. The van der Waals surface area contributed by atoms with Crippen molar-refractivity contribution in [3.63, 3.8) is 0 Å². The van der Waals surface area contributed by atoms with Gasteiger partial charge in [-0.25, -0.2) is 0 Å². The lowest BCUT2D eigenvalue weighted by molar-refractivity contribution is -0.121. The van der Waals surface area contributed by atoms with Crippen molar-refractivity contribution >= 4 is 22.3 Å². The van der Waals surface area contributed by atoms with Crippen molar-refractivity contribution < 1.29 is 29.6 Å². The van der Waals surface area contributed by atoms with Crippen LogP contribution in [0.15, 0.2) is 18.2 Å². The number of carbonyl (C=O) groups excluding carboxylic acids is 2. The number of benzene rings is 2. The molecule has 0 spiro atoms. The van der Waals surface area contributed by atoms with Gasteiger partial charge in [0.15, 0.2) is 5.78 Å². The Bertz CT molecular complexity index is 870. The number of hydrogen-bond acceptors (Lipinski definition) is 6. The number of carbonyl (C=O) groups is 2. The molecular formula is C18H18O6. The first-order chi connectivity index (χ1) is 11.2. The number of aliphatic hydroxyl groups is 1. The van der Waals surface area contributed by atoms with Crippen molar-refractivity contribution in [3.8, 4) is 17.2 Å². The maximum Gasteiger partial charge on any atom is 0.169 e. The van der Waals surface area contributed by atoms with Gasteiger partial charge in [0.05, 0.1) is 23.7 Å². The van der Waals surface area contributed by atoms with E-state index in [-0.39, 0.29) is 47.5 Å². The van der Waals surface area contributed by atoms with Crippen LogP contribution in [0, 0.1) is 0 Å². The minimum Gasteiger partial charge on any atom is -0.507 e. The highest BCUT2D eigenvalue weighted by atomic mass is 16.5. The van der Waals surface area contributed by atoms with Gasteiger partial charge in [0.1, 0.15) is 23.0 Å². The standard InChI is InChI=1S/C18H18O6/c1-9(19)6-18(23)7-11-3-10-4-12(24-2)5-13(20)15(10)17(22)16(11)14(21)8-18/h3-5,20,22-23H,6-8H2,1-2H3. The van der Waals surface area contributed by atoms with Crippen LogP contribution in [-0.4, -0.2) is 39.6 Å². The Labute approximate surface area is 138 Å². The van der Waals surface area contributed by atoms with Crippen LogP contribution in [0.25, 0.3) is 10.8 Å². The van der Waals surface area contributed by atoms with Gasteiger partial charge in [0, 0.05) is 25.3 Å². The predicted molar refractivity (Wildman–Crippen MR) is 86.7 cm³/mol. The molecule has 0 aliphatic heterocycles. The second kappa shape index (κ2) is 5.49. The topological polar surface area (TPSA) is 104 Å². The van der Waals surface area contributed by atoms with E-state index >= 15 is 0 Å². The van der Waals surface area contributed by atoms with Crippen LogP contribution in [-0.2, 0) is 11.2 Å². The summed E-state index contributed by atoms with van der Waals surface area (Å²) in [6.07, 6.45) is -0.287. The van der Waals surface area contributed by atoms with Gasteiger partial charge in [-0.2, -0.15) is 0 Å². The third-order valence-electron chi connectivity index (χ3n) is 4.35. The molecule has 0 saturated carbocycles. The van der Waals surface area contributed by atoms with Gasteiger partial charge in [0.25, 0.3) is 0 Å². The van der Waals surface area contributed by atoms with Crippen molar-refractivity contribution in [1.29, 1.82) is 0 Å². The summed E-state index contributed by atoms with van der Waals surface area (Å²) in [6.45, 7) is 1.36. The summed E-state index contributed by atoms with van der Waals surface area (Å²) in [5.74, 6) is -0.757. The maximum atomic E-state index is 12.4. The SMILES string of the molecule is COc1cc(O)c2c(O)c3c(cc2c1)CC(O)(CC(C)=O)CC3=O. The summed E-state index contributed by atoms with van der Waals surface area (Å²) < 4.78 is 5.10. The molecule has 24 heavy (non-hydrogen) atoms. The lowest BCUT2D eigenvalue weighted by atomic mass is 9.76. The number of aromatic hydroxyl groups is 2. The Balaban J connectivity index is 2.22. The largest absolute Gasteiger partial charge is 0.507 e. The molecule has 0 fully saturated rings. The number of ketones is 2. The molecule has 1 atom stereocenters. The normalized spacial score (nSPS) is 20.0. The first-order valence-electron chi connectivity index (χ1n) is 7.54. The quantitative estimate of drug-likeness (QED) is 0.796. The highest BCUT2D eigenvalue weighted by molar-refractivity contribution is 6.09. The van der Waals surface area contributed by atoms with Crippen molar-refractivity contribution in [2.24, 2.45) is 0 Å². The Hall–Kier alpha value is -2.60. The zero-order valence-corrected chi connectivity index (χ0v) is 13.4. The molecule has 1 aliphatic carbocycles. The van der Waals surface area contributed by atoms with E-state index in [0.29, 0.717) is 16.7 Å². The van der Waals surface area contributed by atoms with Crippen molar-refractivity contribution in [1.82, 2.24) is 0 Å². The monoisotopic (exact) mass is 330 g/mol. The summed E-state index contributed by atoms with van der Waals surface area (Å²) in [6, 6.07) is 4.61. The smallest absolute Gasteiger partial charge is 0.169 e. The highest BCUT2D eigenvalue weighted by Crippen LogP contribution is 2.44. The fourth-order valence-electron chi connectivity index (χ4n) is 3.49. The van der Waals surface area contributed by atoms with Gasteiger partial charge < -0.3 is 20.1 Å². The van der Waals surface area contributed by atoms with E-state index < -0.39 is 11.4 Å². The van der Waals surface area contributed by atoms with Crippen LogP contribution < -0.4 is 4.74 Å². The fourth-order valence-corrected chi connectivity index (χ4v) is 3.49. The number of ether oxygens (including phenoxy) is 1. The Morgan fingerprint density at radius 2 is 1.96 bits per heavy atom. The zero-order valence-electron chi connectivity index (χ0n) is 13.4. The molecule has 2 aromatic rings. The lowest BCUT2D eigenvalue weighted by Crippen LogP contribution is -2.40. The molecule has 3 N–H and O–H groups in total. The van der Waals surface area contributed by atoms with E-state index in [1.54, 1.807) is 12.1 Å². The highest BCUT2D eigenvalue weighted by Gasteiger charge is 2.39. The molecule has 0 aromatic heterocycles. The number of Topliss-reactive ketones (excluding diaryl/α,β-unsaturated/α-hetero) is 2. The minimum absolute atomic E-state index is 0.0785. The van der Waals surface area contributed by atoms with E-state index in [1.807, 2.05) is 0 Å². The zero-order chi connectivity index (χ0) is 17.6. The van der Waals surface area contributed by atoms with Crippen molar-refractivity contribution in [2.45, 2.75) is 31.8 Å². The molecule has 6 nitrogen and oxygen atoms in total. The van der Waals surface area contributed by atoms with Gasteiger partial charge in [-0.3, -0.25) is 9.59 Å². The Kier molecular flexibility index (Phi) is 3.72. The number of phenols is 2. The van der Waals surface area contributed by atoms with Crippen molar-refractivity contribution in [3.05, 3.63) is 29.3 Å². The molecule has 126 valence electrons. The van der Waals surface area contributed by atoms with Gasteiger partial charge in [-0.15, -0.1) is 0 Å². The first kappa shape index (κ1) is 16.3. The number of methoxy groups -OCH3 is 1. The van der Waals surface area contributed by atoms with Gasteiger partial charge in [0.2, 0.25) is 0 Å². The number of hydrogen-bond donors (Lipinski definition) is 3. The van der Waals surface area contributed by atoms with Crippen LogP contribution in [0.3, 0.4) is 0 Å². The molecule has 0 radical (unpaired) electrons. The number of fused-ring (bicyclic) bond motifs is 2. The van der Waals surface area contributed by atoms with E-state index in [0.717, 1.165) is 0 Å². The minimum atomic E-state index is -1.45. The molecule has 3 rings (SSSR count). The van der Waals surface area contributed by atoms with Crippen LogP contribution in [0.4, 0.5) is 0 Å². The molecule has 0 bridgehead atoms. The maximum absolute atomic E-state index is 12.4. The number of phenolic OH excluding ortho intramolecular Hbond substituents is 2. The molecule has 0 saturated heterocycles. The third kappa shape index (κ3) is 2.59. The molecule has 1 unspecified atom stereocenters. The van der Waals surface area contributed by atoms with Gasteiger partial charge in [-0.05, 0) is 30.0 Å². The van der Waals surface area contributed by atoms with E-state index in [2.05, 4.69) is 0 Å². The average molecular weight is 330 g/mol. The Morgan fingerprint density at radius 1 is 1.25 bits per heavy atom. The van der Waals surface area contributed by atoms with E-state index in [9.17, 15) is 24.9 Å². The fraction of sp³-hybridized carbons (Fsp3) is 0.333. The molecule has 0 heterocycles. The van der Waals surface area contributed by atoms with Crippen LogP contribution in [0.2, 0.25) is 0 Å². The van der Waals surface area contributed by atoms with E-state index in [1.165, 1.54) is 20.1 Å². The summed E-state index contributed by atoms with van der Waals surface area (Å²) in [5.41, 5.74) is -0.902. The van der Waals surface area contributed by atoms with Crippen LogP contribution in [0.5, 0.6) is 17.2 Å². The Morgan fingerprint density at radius 3 is 2.58 bits per heavy atom. The molecule has 0 amide bonds. The third-order valence-corrected chi connectivity index (χ3v) is 4.35. The summed E-state index contributed by atoms with van der Waals surface area (Å²) in [4.78, 5) is 23.8. The van der Waals surface area contributed by atoms with E-state index in [4.69, 9.17) is 4.74 Å². The number of rotatable bonds is 3. The first-order valence-corrected chi connectivity index (χ1v) is 7.54. The second-order valence-electron chi connectivity index (χ2n) is 6.38. The van der Waals surface area contributed by atoms with Gasteiger partial charge in [-0.1, -0.05) is 0 Å². The molecule has 2 aromatic carbocycles. The van der Waals surface area contributed by atoms with Crippen LogP contribution >= 0.6 is 0 Å². The molecule has 6 heteroatoms. The second-order valence-corrected chi connectivity index (χ2v) is 6.38. The molecule has 1 aliphatic rings. The van der Waals surface area contributed by atoms with Crippen molar-refractivity contribution in [2.75, 3.05) is 7.11 Å². The molecular weight excluding hydrogens is 312 g/mol. The summed E-state index contributed by atoms with van der Waals surface area (Å²) >= 11 is 0. The lowest BCUT2D eigenvalue weighted by Gasteiger charge is -2.32. The average Bonchev–Trinajstić information content (AvgIpc) is 2.43.